The van der Waals surface area contributed by atoms with E-state index < -0.39 is 0 Å². The smallest absolute Gasteiger partial charge is 0.258 e. The molecule has 0 aliphatic carbocycles. The lowest BCUT2D eigenvalue weighted by Crippen LogP contribution is -2.14. The molecule has 0 bridgehead atoms. The molecular weight excluding hydrogens is 452 g/mol. The number of nitro groups is 1. The molecule has 4 nitrogen and oxygen atoms in total. The third-order valence-corrected chi connectivity index (χ3v) is 7.41. The maximum atomic E-state index is 11.0. The largest absolute Gasteiger partial charge is 0.269 e. The van der Waals surface area contributed by atoms with E-state index in [-0.39, 0.29) is 21.4 Å². The molecule has 0 aliphatic heterocycles. The minimum Gasteiger partial charge on any atom is -0.258 e. The summed E-state index contributed by atoms with van der Waals surface area (Å²) in [6, 6.07) is 22.4. The molecule has 0 saturated heterocycles. The fourth-order valence-corrected chi connectivity index (χ4v) is 5.36. The van der Waals surface area contributed by atoms with Crippen molar-refractivity contribution < 1.29 is 4.92 Å². The monoisotopic (exact) mass is 481 g/mol. The van der Waals surface area contributed by atoms with Gasteiger partial charge in [0, 0.05) is 34.4 Å². The van der Waals surface area contributed by atoms with Crippen molar-refractivity contribution in [1.29, 1.82) is 0 Å². The van der Waals surface area contributed by atoms with Crippen LogP contribution >= 0.6 is 11.9 Å². The molecule has 0 saturated carbocycles. The Labute approximate surface area is 210 Å². The lowest BCUT2D eigenvalue weighted by atomic mass is 9.80. The molecule has 177 valence electrons. The topological polar surface area (TPSA) is 57.2 Å². The molecule has 0 N–H and O–H groups in total. The summed E-state index contributed by atoms with van der Waals surface area (Å²) >= 11 is 1.36. The standard InChI is InChI=1S/C30H29N2O2S/c1-29(2,3)21-15-18-7-8-20-17-25(30(4,5)6)28(24-14-9-19(16-21)26(18)27(20)24)31-35-23-12-10-22(11-13-23)32(33)34/h7-17H,1-6H3. The van der Waals surface area contributed by atoms with Gasteiger partial charge in [0.15, 0.2) is 0 Å². The van der Waals surface area contributed by atoms with Gasteiger partial charge in [-0.2, -0.15) is 0 Å². The van der Waals surface area contributed by atoms with Crippen LogP contribution in [0.25, 0.3) is 32.3 Å². The first-order chi connectivity index (χ1) is 16.4. The molecule has 0 amide bonds. The Balaban J connectivity index is 1.70. The van der Waals surface area contributed by atoms with Gasteiger partial charge in [0.1, 0.15) is 0 Å². The molecule has 0 aliphatic rings. The van der Waals surface area contributed by atoms with Crippen molar-refractivity contribution in [3.8, 4) is 0 Å². The number of non-ortho nitro benzene ring substituents is 1. The summed E-state index contributed by atoms with van der Waals surface area (Å²) in [4.78, 5) is 11.5. The van der Waals surface area contributed by atoms with E-state index in [1.807, 2.05) is 0 Å². The van der Waals surface area contributed by atoms with E-state index in [1.165, 1.54) is 62.1 Å². The van der Waals surface area contributed by atoms with Crippen molar-refractivity contribution in [1.82, 2.24) is 4.72 Å². The van der Waals surface area contributed by atoms with E-state index in [0.29, 0.717) is 0 Å². The molecular formula is C30H29N2O2S. The fraction of sp³-hybridized carbons (Fsp3) is 0.267. The second-order valence-electron chi connectivity index (χ2n) is 11.3. The summed E-state index contributed by atoms with van der Waals surface area (Å²) in [5.41, 5.74) is 3.56. The van der Waals surface area contributed by atoms with Gasteiger partial charge in [0.05, 0.1) is 10.6 Å². The summed E-state index contributed by atoms with van der Waals surface area (Å²) in [6.45, 7) is 13.4. The molecule has 0 spiro atoms. The van der Waals surface area contributed by atoms with E-state index in [9.17, 15) is 10.1 Å². The van der Waals surface area contributed by atoms with Crippen LogP contribution in [0.4, 0.5) is 11.4 Å². The number of nitro benzene ring substituents is 1. The molecule has 0 fully saturated rings. The molecule has 5 rings (SSSR count). The van der Waals surface area contributed by atoms with Gasteiger partial charge in [0.2, 0.25) is 0 Å². The minimum atomic E-state index is -0.380. The zero-order valence-electron chi connectivity index (χ0n) is 21.0. The van der Waals surface area contributed by atoms with Gasteiger partial charge in [-0.25, -0.2) is 4.72 Å². The van der Waals surface area contributed by atoms with Crippen molar-refractivity contribution in [3.05, 3.63) is 88.0 Å². The predicted molar refractivity (Wildman–Crippen MR) is 148 cm³/mol. The van der Waals surface area contributed by atoms with Crippen molar-refractivity contribution >= 4 is 55.6 Å². The number of benzene rings is 5. The Morgan fingerprint density at radius 2 is 1.31 bits per heavy atom. The first-order valence-corrected chi connectivity index (χ1v) is 12.6. The van der Waals surface area contributed by atoms with Crippen LogP contribution in [-0.4, -0.2) is 4.92 Å². The predicted octanol–water partition coefficient (Wildman–Crippen LogP) is 9.03. The molecule has 5 aromatic carbocycles. The quantitative estimate of drug-likeness (QED) is 0.111. The molecule has 0 atom stereocenters. The zero-order chi connectivity index (χ0) is 25.1. The molecule has 0 aromatic heterocycles. The Morgan fingerprint density at radius 1 is 0.743 bits per heavy atom. The maximum Gasteiger partial charge on any atom is 0.269 e. The lowest BCUT2D eigenvalue weighted by molar-refractivity contribution is -0.384. The molecule has 1 radical (unpaired) electrons. The highest BCUT2D eigenvalue weighted by molar-refractivity contribution is 7.97. The van der Waals surface area contributed by atoms with E-state index in [4.69, 9.17) is 4.72 Å². The summed E-state index contributed by atoms with van der Waals surface area (Å²) in [6.07, 6.45) is 0. The van der Waals surface area contributed by atoms with Crippen LogP contribution in [0, 0.1) is 10.1 Å². The Bertz CT molecular complexity index is 1560. The number of hydrogen-bond acceptors (Lipinski definition) is 3. The first kappa shape index (κ1) is 23.4. The van der Waals surface area contributed by atoms with E-state index >= 15 is 0 Å². The van der Waals surface area contributed by atoms with Crippen LogP contribution in [-0.2, 0) is 10.8 Å². The second kappa shape index (κ2) is 8.13. The van der Waals surface area contributed by atoms with Gasteiger partial charge in [0.25, 0.3) is 5.69 Å². The molecule has 35 heavy (non-hydrogen) atoms. The van der Waals surface area contributed by atoms with Crippen molar-refractivity contribution in [2.24, 2.45) is 0 Å². The van der Waals surface area contributed by atoms with Crippen molar-refractivity contribution in [2.45, 2.75) is 57.3 Å². The molecule has 0 heterocycles. The highest BCUT2D eigenvalue weighted by Crippen LogP contribution is 2.45. The van der Waals surface area contributed by atoms with Crippen LogP contribution < -0.4 is 4.72 Å². The average molecular weight is 482 g/mol. The Hall–Kier alpha value is -3.31. The fourth-order valence-electron chi connectivity index (χ4n) is 4.71. The minimum absolute atomic E-state index is 0.0751. The van der Waals surface area contributed by atoms with E-state index in [0.717, 1.165) is 16.0 Å². The highest BCUT2D eigenvalue weighted by atomic mass is 32.2. The number of hydrogen-bond donors (Lipinski definition) is 0. The van der Waals surface area contributed by atoms with Crippen molar-refractivity contribution in [2.75, 3.05) is 0 Å². The first-order valence-electron chi connectivity index (χ1n) is 11.8. The van der Waals surface area contributed by atoms with Gasteiger partial charge < -0.3 is 0 Å². The summed E-state index contributed by atoms with van der Waals surface area (Å²) < 4.78 is 5.03. The van der Waals surface area contributed by atoms with Gasteiger partial charge in [-0.3, -0.25) is 10.1 Å². The average Bonchev–Trinajstić information content (AvgIpc) is 2.79. The molecule has 5 aromatic rings. The highest BCUT2D eigenvalue weighted by Gasteiger charge is 2.24. The van der Waals surface area contributed by atoms with Gasteiger partial charge >= 0.3 is 0 Å². The summed E-state index contributed by atoms with van der Waals surface area (Å²) in [5.74, 6) is 0. The van der Waals surface area contributed by atoms with Crippen LogP contribution in [0.1, 0.15) is 52.7 Å². The van der Waals surface area contributed by atoms with Gasteiger partial charge in [-0.15, -0.1) is 0 Å². The van der Waals surface area contributed by atoms with Crippen LogP contribution in [0.5, 0.6) is 0 Å². The SMILES string of the molecule is CC(C)(C)c1cc2ccc3cc(C(C)(C)C)c([N]Sc4ccc([N+](=O)[O-])cc4)c4ccc(c1)c2c34. The Morgan fingerprint density at radius 3 is 1.86 bits per heavy atom. The van der Waals surface area contributed by atoms with E-state index in [2.05, 4.69) is 84.0 Å². The third-order valence-electron chi connectivity index (χ3n) is 6.65. The number of nitrogens with zero attached hydrogens (tertiary/aromatic N) is 2. The Kier molecular flexibility index (Phi) is 5.44. The molecule has 0 unspecified atom stereocenters. The van der Waals surface area contributed by atoms with Gasteiger partial charge in [-0.1, -0.05) is 77.9 Å². The van der Waals surface area contributed by atoms with Crippen LogP contribution in [0.15, 0.2) is 71.6 Å². The normalized spacial score (nSPS) is 12.6. The summed E-state index contributed by atoms with van der Waals surface area (Å²) in [5, 5.41) is 18.4. The van der Waals surface area contributed by atoms with E-state index in [1.54, 1.807) is 12.1 Å². The summed E-state index contributed by atoms with van der Waals surface area (Å²) in [7, 11) is 0. The maximum absolute atomic E-state index is 11.0. The molecule has 5 heteroatoms. The number of rotatable bonds is 4. The van der Waals surface area contributed by atoms with Crippen molar-refractivity contribution in [3.63, 3.8) is 0 Å². The third kappa shape index (κ3) is 4.19. The zero-order valence-corrected chi connectivity index (χ0v) is 21.8. The van der Waals surface area contributed by atoms with Gasteiger partial charge in [-0.05, 0) is 67.1 Å². The second-order valence-corrected chi connectivity index (χ2v) is 12.1. The lowest BCUT2D eigenvalue weighted by Gasteiger charge is -2.26. The van der Waals surface area contributed by atoms with Crippen LogP contribution in [0.2, 0.25) is 0 Å². The van der Waals surface area contributed by atoms with Crippen LogP contribution in [0.3, 0.4) is 0 Å².